The summed E-state index contributed by atoms with van der Waals surface area (Å²) in [6.45, 7) is 2.30. The molecule has 5 nitrogen and oxygen atoms in total. The Morgan fingerprint density at radius 3 is 2.27 bits per heavy atom. The maximum atomic E-state index is 13.3. The molecular formula is C23H19ClN2O3S. The number of sulfone groups is 1. The van der Waals surface area contributed by atoms with E-state index in [-0.39, 0.29) is 21.7 Å². The summed E-state index contributed by atoms with van der Waals surface area (Å²) in [5.41, 5.74) is 2.59. The highest BCUT2D eigenvalue weighted by Gasteiger charge is 2.28. The third-order valence-electron chi connectivity index (χ3n) is 4.57. The highest BCUT2D eigenvalue weighted by atomic mass is 35.5. The van der Waals surface area contributed by atoms with Crippen molar-refractivity contribution in [3.63, 3.8) is 0 Å². The summed E-state index contributed by atoms with van der Waals surface area (Å²) in [5, 5.41) is 3.51. The topological polar surface area (TPSA) is 72.2 Å². The molecule has 4 aromatic rings. The summed E-state index contributed by atoms with van der Waals surface area (Å²) in [6.07, 6.45) is 0. The maximum absolute atomic E-state index is 13.3. The molecule has 0 spiro atoms. The van der Waals surface area contributed by atoms with Crippen LogP contribution in [0.25, 0.3) is 11.5 Å². The molecule has 30 heavy (non-hydrogen) atoms. The number of oxazole rings is 1. The highest BCUT2D eigenvalue weighted by Crippen LogP contribution is 2.33. The molecule has 0 atom stereocenters. The van der Waals surface area contributed by atoms with Gasteiger partial charge in [0, 0.05) is 17.1 Å². The molecule has 7 heteroatoms. The number of hydrogen-bond donors (Lipinski definition) is 1. The van der Waals surface area contributed by atoms with Gasteiger partial charge in [-0.25, -0.2) is 8.42 Å². The summed E-state index contributed by atoms with van der Waals surface area (Å²) < 4.78 is 32.4. The van der Waals surface area contributed by atoms with E-state index in [1.165, 1.54) is 0 Å². The van der Waals surface area contributed by atoms with Crippen molar-refractivity contribution in [3.8, 4) is 11.5 Å². The zero-order chi connectivity index (χ0) is 21.1. The van der Waals surface area contributed by atoms with Gasteiger partial charge in [-0.15, -0.1) is 0 Å². The first-order chi connectivity index (χ1) is 14.4. The van der Waals surface area contributed by atoms with E-state index < -0.39 is 9.84 Å². The average Bonchev–Trinajstić information content (AvgIpc) is 3.19. The summed E-state index contributed by atoms with van der Waals surface area (Å²) >= 11 is 5.96. The Hall–Kier alpha value is -3.09. The lowest BCUT2D eigenvalue weighted by atomic mass is 10.2. The Bertz CT molecular complexity index is 1250. The van der Waals surface area contributed by atoms with E-state index in [1.807, 2.05) is 37.3 Å². The van der Waals surface area contributed by atoms with Crippen molar-refractivity contribution in [1.29, 1.82) is 0 Å². The van der Waals surface area contributed by atoms with E-state index in [1.54, 1.807) is 48.5 Å². The quantitative estimate of drug-likeness (QED) is 0.415. The Balaban J connectivity index is 1.76. The molecule has 0 unspecified atom stereocenters. The summed E-state index contributed by atoms with van der Waals surface area (Å²) in [7, 11) is -3.88. The zero-order valence-electron chi connectivity index (χ0n) is 16.2. The van der Waals surface area contributed by atoms with Gasteiger partial charge in [-0.05, 0) is 48.9 Å². The lowest BCUT2D eigenvalue weighted by molar-refractivity contribution is 0.576. The minimum Gasteiger partial charge on any atom is -0.419 e. The Morgan fingerprint density at radius 2 is 1.60 bits per heavy atom. The van der Waals surface area contributed by atoms with Crippen LogP contribution in [0.5, 0.6) is 0 Å². The molecular weight excluding hydrogens is 420 g/mol. The molecule has 0 saturated heterocycles. The van der Waals surface area contributed by atoms with Gasteiger partial charge in [-0.1, -0.05) is 59.6 Å². The standard InChI is InChI=1S/C23H19ClN2O3S/c1-16-7-13-20(14-8-16)30(27,28)23-22(25-15-17-5-3-2-4-6-17)29-21(26-23)18-9-11-19(24)12-10-18/h2-14,25H,15H2,1H3. The largest absolute Gasteiger partial charge is 0.419 e. The number of nitrogens with one attached hydrogen (secondary N) is 1. The van der Waals surface area contributed by atoms with Gasteiger partial charge in [0.15, 0.2) is 0 Å². The van der Waals surface area contributed by atoms with Crippen LogP contribution in [0.4, 0.5) is 5.88 Å². The molecule has 152 valence electrons. The predicted molar refractivity (Wildman–Crippen MR) is 117 cm³/mol. The first kappa shape index (κ1) is 20.2. The average molecular weight is 439 g/mol. The monoisotopic (exact) mass is 438 g/mol. The van der Waals surface area contributed by atoms with E-state index in [0.29, 0.717) is 17.1 Å². The van der Waals surface area contributed by atoms with Crippen LogP contribution in [0.15, 0.2) is 93.2 Å². The van der Waals surface area contributed by atoms with E-state index >= 15 is 0 Å². The number of hydrogen-bond acceptors (Lipinski definition) is 5. The van der Waals surface area contributed by atoms with E-state index in [2.05, 4.69) is 10.3 Å². The molecule has 4 rings (SSSR count). The maximum Gasteiger partial charge on any atom is 0.234 e. The fraction of sp³-hybridized carbons (Fsp3) is 0.0870. The van der Waals surface area contributed by atoms with Crippen LogP contribution < -0.4 is 5.32 Å². The van der Waals surface area contributed by atoms with Crippen molar-refractivity contribution < 1.29 is 12.8 Å². The molecule has 1 aromatic heterocycles. The Morgan fingerprint density at radius 1 is 0.933 bits per heavy atom. The molecule has 1 N–H and O–H groups in total. The third-order valence-corrected chi connectivity index (χ3v) is 6.50. The second-order valence-electron chi connectivity index (χ2n) is 6.82. The summed E-state index contributed by atoms with van der Waals surface area (Å²) in [4.78, 5) is 4.49. The SMILES string of the molecule is Cc1ccc(S(=O)(=O)c2nc(-c3ccc(Cl)cc3)oc2NCc2ccccc2)cc1. The van der Waals surface area contributed by atoms with Crippen LogP contribution in [-0.4, -0.2) is 13.4 Å². The minimum atomic E-state index is -3.88. The van der Waals surface area contributed by atoms with Crippen LogP contribution in [0, 0.1) is 6.92 Å². The first-order valence-electron chi connectivity index (χ1n) is 9.30. The molecule has 0 aliphatic rings. The molecule has 0 aliphatic heterocycles. The van der Waals surface area contributed by atoms with Crippen LogP contribution in [0.1, 0.15) is 11.1 Å². The van der Waals surface area contributed by atoms with Crippen LogP contribution in [0.3, 0.4) is 0 Å². The Labute approximate surface area is 180 Å². The van der Waals surface area contributed by atoms with Crippen LogP contribution in [0.2, 0.25) is 5.02 Å². The van der Waals surface area contributed by atoms with Crippen molar-refractivity contribution in [2.24, 2.45) is 0 Å². The normalized spacial score (nSPS) is 11.4. The fourth-order valence-corrected chi connectivity index (χ4v) is 4.33. The van der Waals surface area contributed by atoms with Gasteiger partial charge >= 0.3 is 0 Å². The van der Waals surface area contributed by atoms with Crippen molar-refractivity contribution in [2.75, 3.05) is 5.32 Å². The lowest BCUT2D eigenvalue weighted by Crippen LogP contribution is -2.07. The van der Waals surface area contributed by atoms with E-state index in [9.17, 15) is 8.42 Å². The zero-order valence-corrected chi connectivity index (χ0v) is 17.7. The van der Waals surface area contributed by atoms with E-state index in [0.717, 1.165) is 11.1 Å². The number of nitrogens with zero attached hydrogens (tertiary/aromatic N) is 1. The molecule has 0 amide bonds. The lowest BCUT2D eigenvalue weighted by Gasteiger charge is -2.06. The van der Waals surface area contributed by atoms with Crippen molar-refractivity contribution in [3.05, 3.63) is 95.0 Å². The summed E-state index contributed by atoms with van der Waals surface area (Å²) in [6, 6.07) is 23.2. The second-order valence-corrected chi connectivity index (χ2v) is 9.12. The minimum absolute atomic E-state index is 0.101. The van der Waals surface area contributed by atoms with Gasteiger partial charge in [0.05, 0.1) is 4.90 Å². The van der Waals surface area contributed by atoms with Gasteiger partial charge in [-0.2, -0.15) is 4.98 Å². The van der Waals surface area contributed by atoms with Gasteiger partial charge in [-0.3, -0.25) is 0 Å². The van der Waals surface area contributed by atoms with Gasteiger partial charge < -0.3 is 9.73 Å². The number of aromatic nitrogens is 1. The van der Waals surface area contributed by atoms with Crippen LogP contribution >= 0.6 is 11.6 Å². The number of halogens is 1. The van der Waals surface area contributed by atoms with Crippen molar-refractivity contribution >= 4 is 27.3 Å². The number of anilines is 1. The molecule has 0 aliphatic carbocycles. The fourth-order valence-electron chi connectivity index (χ4n) is 2.92. The number of benzene rings is 3. The molecule has 0 bridgehead atoms. The second kappa shape index (κ2) is 8.34. The van der Waals surface area contributed by atoms with Gasteiger partial charge in [0.1, 0.15) is 0 Å². The third kappa shape index (κ3) is 4.25. The highest BCUT2D eigenvalue weighted by molar-refractivity contribution is 7.91. The van der Waals surface area contributed by atoms with Crippen molar-refractivity contribution in [2.45, 2.75) is 23.4 Å². The van der Waals surface area contributed by atoms with E-state index in [4.69, 9.17) is 16.0 Å². The smallest absolute Gasteiger partial charge is 0.234 e. The van der Waals surface area contributed by atoms with Crippen molar-refractivity contribution in [1.82, 2.24) is 4.98 Å². The molecule has 0 radical (unpaired) electrons. The molecule has 0 saturated carbocycles. The summed E-state index contributed by atoms with van der Waals surface area (Å²) in [5.74, 6) is 0.303. The van der Waals surface area contributed by atoms with Gasteiger partial charge in [0.2, 0.25) is 26.6 Å². The predicted octanol–water partition coefficient (Wildman–Crippen LogP) is 5.75. The molecule has 3 aromatic carbocycles. The molecule has 0 fully saturated rings. The van der Waals surface area contributed by atoms with Gasteiger partial charge in [0.25, 0.3) is 0 Å². The number of aryl methyl sites for hydroxylation is 1. The number of rotatable bonds is 6. The van der Waals surface area contributed by atoms with Crippen LogP contribution in [-0.2, 0) is 16.4 Å². The molecule has 1 heterocycles. The first-order valence-corrected chi connectivity index (χ1v) is 11.2. The Kier molecular flexibility index (Phi) is 5.61.